The zero-order valence-electron chi connectivity index (χ0n) is 16.0. The van der Waals surface area contributed by atoms with Crippen LogP contribution in [0.5, 0.6) is 0 Å². The number of carbonyl (C=O) groups excluding carboxylic acids is 2. The van der Waals surface area contributed by atoms with Crippen molar-refractivity contribution in [2.24, 2.45) is 5.92 Å². The van der Waals surface area contributed by atoms with Crippen molar-refractivity contribution in [3.8, 4) is 0 Å². The van der Waals surface area contributed by atoms with Crippen molar-refractivity contribution in [3.63, 3.8) is 0 Å². The largest absolute Gasteiger partial charge is 0.469 e. The third-order valence-electron chi connectivity index (χ3n) is 4.90. The van der Waals surface area contributed by atoms with Gasteiger partial charge in [-0.25, -0.2) is 4.98 Å². The van der Waals surface area contributed by atoms with E-state index >= 15 is 0 Å². The van der Waals surface area contributed by atoms with Crippen LogP contribution in [0.3, 0.4) is 0 Å². The van der Waals surface area contributed by atoms with Crippen molar-refractivity contribution in [2.75, 3.05) is 39.7 Å². The first-order valence-electron chi connectivity index (χ1n) is 9.16. The van der Waals surface area contributed by atoms with Gasteiger partial charge in [-0.15, -0.1) is 0 Å². The number of piperidine rings is 1. The number of hydrogen-bond donors (Lipinski definition) is 0. The van der Waals surface area contributed by atoms with Gasteiger partial charge < -0.3 is 18.9 Å². The van der Waals surface area contributed by atoms with Crippen LogP contribution in [0, 0.1) is 5.92 Å². The van der Waals surface area contributed by atoms with Gasteiger partial charge in [0.25, 0.3) is 0 Å². The number of carbonyl (C=O) groups is 2. The van der Waals surface area contributed by atoms with Gasteiger partial charge in [-0.05, 0) is 31.0 Å². The van der Waals surface area contributed by atoms with E-state index in [4.69, 9.17) is 21.1 Å². The lowest BCUT2D eigenvalue weighted by Gasteiger charge is -2.30. The molecule has 9 heteroatoms. The Morgan fingerprint density at radius 3 is 2.71 bits per heavy atom. The molecule has 0 radical (unpaired) electrons. The lowest BCUT2D eigenvalue weighted by Crippen LogP contribution is -2.41. The van der Waals surface area contributed by atoms with Gasteiger partial charge in [0.15, 0.2) is 5.16 Å². The summed E-state index contributed by atoms with van der Waals surface area (Å²) < 4.78 is 12.1. The van der Waals surface area contributed by atoms with Crippen LogP contribution in [0.2, 0.25) is 5.02 Å². The number of thioether (sulfide) groups is 1. The lowest BCUT2D eigenvalue weighted by atomic mass is 9.97. The second-order valence-electron chi connectivity index (χ2n) is 6.64. The minimum atomic E-state index is -0.188. The first kappa shape index (κ1) is 21.0. The molecule has 0 spiro atoms. The van der Waals surface area contributed by atoms with Gasteiger partial charge in [-0.1, -0.05) is 23.4 Å². The van der Waals surface area contributed by atoms with Gasteiger partial charge in [0.05, 0.1) is 36.4 Å². The zero-order valence-corrected chi connectivity index (χ0v) is 17.6. The highest BCUT2D eigenvalue weighted by atomic mass is 35.5. The molecule has 1 aliphatic heterocycles. The van der Waals surface area contributed by atoms with Crippen molar-refractivity contribution in [3.05, 3.63) is 23.2 Å². The fourth-order valence-corrected chi connectivity index (χ4v) is 4.45. The van der Waals surface area contributed by atoms with E-state index in [-0.39, 0.29) is 17.8 Å². The average molecular weight is 426 g/mol. The second kappa shape index (κ2) is 9.62. The summed E-state index contributed by atoms with van der Waals surface area (Å²) >= 11 is 7.50. The lowest BCUT2D eigenvalue weighted by molar-refractivity contribution is -0.148. The predicted octanol–water partition coefficient (Wildman–Crippen LogP) is 2.84. The normalized spacial score (nSPS) is 15.2. The molecule has 1 aromatic heterocycles. The van der Waals surface area contributed by atoms with Crippen LogP contribution in [0.4, 0.5) is 0 Å². The van der Waals surface area contributed by atoms with Crippen molar-refractivity contribution in [1.82, 2.24) is 14.5 Å². The molecule has 1 aliphatic rings. The third kappa shape index (κ3) is 4.79. The van der Waals surface area contributed by atoms with Gasteiger partial charge in [0.2, 0.25) is 5.91 Å². The molecule has 0 saturated carbocycles. The summed E-state index contributed by atoms with van der Waals surface area (Å²) in [5, 5.41) is 1.40. The molecule has 1 fully saturated rings. The van der Waals surface area contributed by atoms with Crippen LogP contribution in [-0.4, -0.2) is 66.0 Å². The first-order chi connectivity index (χ1) is 13.5. The Balaban J connectivity index is 1.64. The molecule has 2 heterocycles. The van der Waals surface area contributed by atoms with E-state index < -0.39 is 0 Å². The average Bonchev–Trinajstić information content (AvgIpc) is 3.06. The molecule has 0 bridgehead atoms. The van der Waals surface area contributed by atoms with Gasteiger partial charge >= 0.3 is 5.97 Å². The maximum absolute atomic E-state index is 12.6. The molecule has 152 valence electrons. The molecule has 0 N–H and O–H groups in total. The summed E-state index contributed by atoms with van der Waals surface area (Å²) in [6, 6.07) is 5.59. The third-order valence-corrected chi connectivity index (χ3v) is 6.10. The van der Waals surface area contributed by atoms with E-state index in [0.717, 1.165) is 16.2 Å². The van der Waals surface area contributed by atoms with Crippen LogP contribution in [0.25, 0.3) is 11.0 Å². The number of imidazole rings is 1. The summed E-state index contributed by atoms with van der Waals surface area (Å²) in [6.45, 7) is 2.36. The Bertz CT molecular complexity index is 849. The highest BCUT2D eigenvalue weighted by molar-refractivity contribution is 7.99. The molecule has 28 heavy (non-hydrogen) atoms. The molecule has 0 unspecified atom stereocenters. The van der Waals surface area contributed by atoms with E-state index in [1.54, 1.807) is 7.11 Å². The highest BCUT2D eigenvalue weighted by Crippen LogP contribution is 2.27. The minimum Gasteiger partial charge on any atom is -0.469 e. The van der Waals surface area contributed by atoms with Crippen LogP contribution in [0.1, 0.15) is 12.8 Å². The van der Waals surface area contributed by atoms with Crippen LogP contribution < -0.4 is 0 Å². The number of ether oxygens (including phenoxy) is 2. The standard InChI is InChI=1S/C19H24ClN3O4S/c1-26-10-9-23-16-4-3-14(20)11-15(16)21-19(23)28-12-17(24)22-7-5-13(6-8-22)18(25)27-2/h3-4,11,13H,5-10,12H2,1-2H3. The summed E-state index contributed by atoms with van der Waals surface area (Å²) in [6.07, 6.45) is 1.29. The minimum absolute atomic E-state index is 0.0525. The monoisotopic (exact) mass is 425 g/mol. The molecule has 1 amide bonds. The van der Waals surface area contributed by atoms with Gasteiger partial charge in [0, 0.05) is 31.8 Å². The summed E-state index contributed by atoms with van der Waals surface area (Å²) in [5.74, 6) is 0.0563. The SMILES string of the molecule is COCCn1c(SCC(=O)N2CCC(C(=O)OC)CC2)nc2cc(Cl)ccc21. The fraction of sp³-hybridized carbons (Fsp3) is 0.526. The van der Waals surface area contributed by atoms with Crippen LogP contribution in [-0.2, 0) is 25.6 Å². The summed E-state index contributed by atoms with van der Waals surface area (Å²) in [7, 11) is 3.06. The smallest absolute Gasteiger partial charge is 0.308 e. The quantitative estimate of drug-likeness (QED) is 0.501. The van der Waals surface area contributed by atoms with Gasteiger partial charge in [-0.3, -0.25) is 9.59 Å². The number of fused-ring (bicyclic) bond motifs is 1. The van der Waals surface area contributed by atoms with E-state index in [2.05, 4.69) is 9.55 Å². The number of aromatic nitrogens is 2. The highest BCUT2D eigenvalue weighted by Gasteiger charge is 2.28. The van der Waals surface area contributed by atoms with E-state index in [1.165, 1.54) is 18.9 Å². The Morgan fingerprint density at radius 1 is 1.29 bits per heavy atom. The number of benzene rings is 1. The van der Waals surface area contributed by atoms with E-state index in [9.17, 15) is 9.59 Å². The van der Waals surface area contributed by atoms with Crippen molar-refractivity contribution in [1.29, 1.82) is 0 Å². The Morgan fingerprint density at radius 2 is 2.04 bits per heavy atom. The topological polar surface area (TPSA) is 73.7 Å². The molecule has 0 aliphatic carbocycles. The molecular formula is C19H24ClN3O4S. The second-order valence-corrected chi connectivity index (χ2v) is 8.02. The van der Waals surface area contributed by atoms with E-state index in [1.807, 2.05) is 23.1 Å². The number of nitrogens with zero attached hydrogens (tertiary/aromatic N) is 3. The zero-order chi connectivity index (χ0) is 20.1. The number of likely N-dealkylation sites (tertiary alicyclic amines) is 1. The Hall–Kier alpha value is -1.77. The van der Waals surface area contributed by atoms with Gasteiger partial charge in [0.1, 0.15) is 0 Å². The van der Waals surface area contributed by atoms with Crippen LogP contribution in [0.15, 0.2) is 23.4 Å². The van der Waals surface area contributed by atoms with Crippen LogP contribution >= 0.6 is 23.4 Å². The maximum atomic E-state index is 12.6. The summed E-state index contributed by atoms with van der Waals surface area (Å²) in [4.78, 5) is 30.7. The number of esters is 1. The van der Waals surface area contributed by atoms with Crippen molar-refractivity contribution < 1.29 is 19.1 Å². The molecule has 2 aromatic rings. The number of methoxy groups -OCH3 is 2. The molecule has 1 aromatic carbocycles. The molecule has 1 saturated heterocycles. The molecular weight excluding hydrogens is 402 g/mol. The Labute approximate surface area is 173 Å². The fourth-order valence-electron chi connectivity index (χ4n) is 3.34. The number of hydrogen-bond acceptors (Lipinski definition) is 6. The first-order valence-corrected chi connectivity index (χ1v) is 10.5. The number of rotatable bonds is 7. The van der Waals surface area contributed by atoms with Crippen molar-refractivity contribution >= 4 is 46.3 Å². The summed E-state index contributed by atoms with van der Waals surface area (Å²) in [5.41, 5.74) is 1.77. The van der Waals surface area contributed by atoms with Crippen molar-refractivity contribution in [2.45, 2.75) is 24.5 Å². The molecule has 0 atom stereocenters. The van der Waals surface area contributed by atoms with E-state index in [0.29, 0.717) is 49.9 Å². The molecule has 3 rings (SSSR count). The Kier molecular flexibility index (Phi) is 7.20. The number of halogens is 1. The number of amides is 1. The van der Waals surface area contributed by atoms with Gasteiger partial charge in [-0.2, -0.15) is 0 Å². The molecule has 7 nitrogen and oxygen atoms in total. The predicted molar refractivity (Wildman–Crippen MR) is 109 cm³/mol. The maximum Gasteiger partial charge on any atom is 0.308 e.